The molecule has 6 heteroatoms. The minimum Gasteiger partial charge on any atom is -0.353 e. The van der Waals surface area contributed by atoms with E-state index >= 15 is 0 Å². The van der Waals surface area contributed by atoms with Crippen LogP contribution in [0.5, 0.6) is 0 Å². The Bertz CT molecular complexity index is 280. The first-order valence-corrected chi connectivity index (χ1v) is 5.26. The second kappa shape index (κ2) is 5.56. The van der Waals surface area contributed by atoms with Gasteiger partial charge in [0.25, 0.3) is 0 Å². The number of guanidine groups is 1. The van der Waals surface area contributed by atoms with Crippen molar-refractivity contribution in [2.24, 2.45) is 10.8 Å². The number of hydrogen-bond acceptors (Lipinski definition) is 4. The first-order valence-electron chi connectivity index (χ1n) is 4.38. The van der Waals surface area contributed by atoms with Crippen LogP contribution in [0, 0.1) is 0 Å². The lowest BCUT2D eigenvalue weighted by Gasteiger charge is -2.11. The first-order chi connectivity index (χ1) is 6.72. The maximum Gasteiger partial charge on any atom is 0.206 e. The quantitative estimate of drug-likeness (QED) is 0.295. The van der Waals surface area contributed by atoms with Crippen LogP contribution >= 0.6 is 11.3 Å². The highest BCUT2D eigenvalue weighted by Gasteiger charge is 1.99. The molecule has 0 spiro atoms. The highest BCUT2D eigenvalue weighted by molar-refractivity contribution is 7.09. The van der Waals surface area contributed by atoms with Crippen molar-refractivity contribution in [2.75, 3.05) is 0 Å². The van der Waals surface area contributed by atoms with Crippen molar-refractivity contribution in [1.29, 1.82) is 0 Å². The molecule has 5 nitrogen and oxygen atoms in total. The largest absolute Gasteiger partial charge is 0.353 e. The van der Waals surface area contributed by atoms with E-state index in [2.05, 4.69) is 20.7 Å². The van der Waals surface area contributed by atoms with E-state index in [1.165, 1.54) is 0 Å². The molecular weight excluding hydrogens is 198 g/mol. The van der Waals surface area contributed by atoms with Gasteiger partial charge in [-0.25, -0.2) is 15.8 Å². The van der Waals surface area contributed by atoms with Crippen molar-refractivity contribution in [1.82, 2.24) is 15.7 Å². The lowest BCUT2D eigenvalue weighted by Crippen LogP contribution is -2.44. The maximum atomic E-state index is 5.30. The third-order valence-corrected chi connectivity index (χ3v) is 2.18. The number of hydrazine groups is 1. The summed E-state index contributed by atoms with van der Waals surface area (Å²) in [7, 11) is 0. The van der Waals surface area contributed by atoms with Crippen LogP contribution in [0.25, 0.3) is 0 Å². The summed E-state index contributed by atoms with van der Waals surface area (Å²) in [6.07, 6.45) is 1.76. The molecule has 0 saturated heterocycles. The van der Waals surface area contributed by atoms with Crippen molar-refractivity contribution < 1.29 is 0 Å². The van der Waals surface area contributed by atoms with Gasteiger partial charge in [0.1, 0.15) is 5.01 Å². The second-order valence-corrected chi connectivity index (χ2v) is 4.01. The van der Waals surface area contributed by atoms with Gasteiger partial charge in [0.2, 0.25) is 5.96 Å². The predicted molar refractivity (Wildman–Crippen MR) is 58.8 cm³/mol. The van der Waals surface area contributed by atoms with Gasteiger partial charge in [0.05, 0.1) is 6.54 Å². The van der Waals surface area contributed by atoms with Crippen molar-refractivity contribution in [3.8, 4) is 0 Å². The van der Waals surface area contributed by atoms with Crippen LogP contribution in [0.2, 0.25) is 0 Å². The van der Waals surface area contributed by atoms with Crippen LogP contribution < -0.4 is 16.6 Å². The van der Waals surface area contributed by atoms with Crippen LogP contribution in [0.4, 0.5) is 0 Å². The molecule has 1 heterocycles. The molecule has 0 bridgehead atoms. The number of rotatable bonds is 3. The molecule has 0 aliphatic rings. The summed E-state index contributed by atoms with van der Waals surface area (Å²) >= 11 is 1.58. The van der Waals surface area contributed by atoms with Gasteiger partial charge in [-0.2, -0.15) is 0 Å². The average Bonchev–Trinajstić information content (AvgIpc) is 2.64. The highest BCUT2D eigenvalue weighted by atomic mass is 32.1. The zero-order valence-electron chi connectivity index (χ0n) is 8.32. The van der Waals surface area contributed by atoms with Gasteiger partial charge in [-0.15, -0.1) is 11.3 Å². The summed E-state index contributed by atoms with van der Waals surface area (Å²) < 4.78 is 0. The highest BCUT2D eigenvalue weighted by Crippen LogP contribution is 2.04. The third-order valence-electron chi connectivity index (χ3n) is 1.42. The number of thiazole rings is 1. The minimum atomic E-state index is 0.307. The fourth-order valence-corrected chi connectivity index (χ4v) is 1.42. The Kier molecular flexibility index (Phi) is 4.34. The lowest BCUT2D eigenvalue weighted by molar-refractivity contribution is 0.702. The number of hydrogen-bond donors (Lipinski definition) is 3. The van der Waals surface area contributed by atoms with Gasteiger partial charge in [-0.3, -0.25) is 5.43 Å². The predicted octanol–water partition coefficient (Wildman–Crippen LogP) is 0.460. The molecule has 0 aliphatic carbocycles. The summed E-state index contributed by atoms with van der Waals surface area (Å²) in [6, 6.07) is 0.307. The Morgan fingerprint density at radius 1 is 1.71 bits per heavy atom. The van der Waals surface area contributed by atoms with Crippen LogP contribution in [0.3, 0.4) is 0 Å². The molecule has 0 radical (unpaired) electrons. The van der Waals surface area contributed by atoms with Crippen LogP contribution in [-0.2, 0) is 6.54 Å². The second-order valence-electron chi connectivity index (χ2n) is 3.03. The topological polar surface area (TPSA) is 75.3 Å². The van der Waals surface area contributed by atoms with E-state index in [9.17, 15) is 0 Å². The Labute approximate surface area is 87.4 Å². The summed E-state index contributed by atoms with van der Waals surface area (Å²) in [5, 5.41) is 5.98. The van der Waals surface area contributed by atoms with Crippen molar-refractivity contribution in [2.45, 2.75) is 26.4 Å². The fourth-order valence-electron chi connectivity index (χ4n) is 0.884. The summed E-state index contributed by atoms with van der Waals surface area (Å²) in [5.41, 5.74) is 2.51. The average molecular weight is 213 g/mol. The molecule has 1 aromatic rings. The van der Waals surface area contributed by atoms with E-state index in [1.54, 1.807) is 17.5 Å². The SMILES string of the molecule is CC(C)NC(=NCc1nccs1)NN. The van der Waals surface area contributed by atoms with E-state index in [1.807, 2.05) is 19.2 Å². The summed E-state index contributed by atoms with van der Waals surface area (Å²) in [4.78, 5) is 8.36. The molecular formula is C8H15N5S. The molecule has 1 rings (SSSR count). The fraction of sp³-hybridized carbons (Fsp3) is 0.500. The number of nitrogens with two attached hydrogens (primary N) is 1. The van der Waals surface area contributed by atoms with E-state index in [0.29, 0.717) is 18.5 Å². The third kappa shape index (κ3) is 3.71. The normalized spacial score (nSPS) is 11.9. The Morgan fingerprint density at radius 2 is 2.50 bits per heavy atom. The van der Waals surface area contributed by atoms with E-state index < -0.39 is 0 Å². The first kappa shape index (κ1) is 10.9. The van der Waals surface area contributed by atoms with E-state index in [4.69, 9.17) is 5.84 Å². The van der Waals surface area contributed by atoms with Crippen LogP contribution in [-0.4, -0.2) is 17.0 Å². The molecule has 0 atom stereocenters. The van der Waals surface area contributed by atoms with Crippen molar-refractivity contribution in [3.05, 3.63) is 16.6 Å². The Balaban J connectivity index is 2.48. The van der Waals surface area contributed by atoms with Gasteiger partial charge in [0.15, 0.2) is 0 Å². The van der Waals surface area contributed by atoms with Gasteiger partial charge in [0, 0.05) is 17.6 Å². The molecule has 0 saturated carbocycles. The van der Waals surface area contributed by atoms with Crippen LogP contribution in [0.1, 0.15) is 18.9 Å². The molecule has 0 amide bonds. The summed E-state index contributed by atoms with van der Waals surface area (Å²) in [6.45, 7) is 4.60. The minimum absolute atomic E-state index is 0.307. The smallest absolute Gasteiger partial charge is 0.206 e. The van der Waals surface area contributed by atoms with Crippen LogP contribution in [0.15, 0.2) is 16.6 Å². The van der Waals surface area contributed by atoms with Crippen molar-refractivity contribution in [3.63, 3.8) is 0 Å². The molecule has 1 aromatic heterocycles. The van der Waals surface area contributed by atoms with Gasteiger partial charge in [-0.1, -0.05) is 0 Å². The molecule has 0 fully saturated rings. The molecule has 78 valence electrons. The molecule has 0 aromatic carbocycles. The van der Waals surface area contributed by atoms with Gasteiger partial charge in [-0.05, 0) is 13.8 Å². The zero-order chi connectivity index (χ0) is 10.4. The van der Waals surface area contributed by atoms with Gasteiger partial charge >= 0.3 is 0 Å². The molecule has 0 aliphatic heterocycles. The number of aliphatic imine (C=N–C) groups is 1. The monoisotopic (exact) mass is 213 g/mol. The molecule has 0 unspecified atom stereocenters. The lowest BCUT2D eigenvalue weighted by atomic mass is 10.4. The maximum absolute atomic E-state index is 5.30. The van der Waals surface area contributed by atoms with Crippen molar-refractivity contribution >= 4 is 17.3 Å². The molecule has 4 N–H and O–H groups in total. The Hall–Kier alpha value is -1.14. The standard InChI is InChI=1S/C8H15N5S/c1-6(2)12-8(13-9)11-5-7-10-3-4-14-7/h3-4,6H,5,9H2,1-2H3,(H2,11,12,13). The summed E-state index contributed by atoms with van der Waals surface area (Å²) in [5.74, 6) is 5.89. The number of nitrogens with one attached hydrogen (secondary N) is 2. The number of nitrogens with zero attached hydrogens (tertiary/aromatic N) is 2. The zero-order valence-corrected chi connectivity index (χ0v) is 9.14. The Morgan fingerprint density at radius 3 is 3.00 bits per heavy atom. The van der Waals surface area contributed by atoms with E-state index in [-0.39, 0.29) is 0 Å². The van der Waals surface area contributed by atoms with E-state index in [0.717, 1.165) is 5.01 Å². The van der Waals surface area contributed by atoms with Gasteiger partial charge < -0.3 is 5.32 Å². The number of aromatic nitrogens is 1. The molecule has 14 heavy (non-hydrogen) atoms.